The molecule has 0 saturated carbocycles. The van der Waals surface area contributed by atoms with Crippen LogP contribution in [0.1, 0.15) is 38.7 Å². The third-order valence-electron chi connectivity index (χ3n) is 4.53. The van der Waals surface area contributed by atoms with E-state index >= 15 is 0 Å². The Bertz CT molecular complexity index is 981. The molecule has 9 heteroatoms. The lowest BCUT2D eigenvalue weighted by Crippen LogP contribution is -2.25. The highest BCUT2D eigenvalue weighted by atomic mass is 35.5. The number of aliphatic hydroxyl groups excluding tert-OH is 1. The molecule has 1 aliphatic heterocycles. The fourth-order valence-electron chi connectivity index (χ4n) is 3.07. The average molecular weight is 388 g/mol. The molecule has 0 bridgehead atoms. The van der Waals surface area contributed by atoms with Crippen LogP contribution in [0.25, 0.3) is 11.2 Å². The van der Waals surface area contributed by atoms with Gasteiger partial charge in [0.05, 0.1) is 16.8 Å². The number of hydrogen-bond donors (Lipinski definition) is 1. The van der Waals surface area contributed by atoms with Crippen LogP contribution in [0.2, 0.25) is 5.02 Å². The fraction of sp³-hybridized carbons (Fsp3) is 0.500. The third kappa shape index (κ3) is 3.59. The van der Waals surface area contributed by atoms with Crippen LogP contribution in [0.15, 0.2) is 18.3 Å². The summed E-state index contributed by atoms with van der Waals surface area (Å²) in [6, 6.07) is 3.58. The lowest BCUT2D eigenvalue weighted by atomic mass is 9.96. The first-order valence-corrected chi connectivity index (χ1v) is 9.35. The zero-order valence-corrected chi connectivity index (χ0v) is 16.3. The second kappa shape index (κ2) is 6.69. The van der Waals surface area contributed by atoms with E-state index in [1.807, 2.05) is 0 Å². The number of anilines is 1. The SMILES string of the molecule is CC(C)(C)c1nc(N2CCC(O)C2)c2nn(Cc3ncccc3Cl)nc2n1. The van der Waals surface area contributed by atoms with Gasteiger partial charge in [-0.25, -0.2) is 9.97 Å². The van der Waals surface area contributed by atoms with Crippen LogP contribution in [0.5, 0.6) is 0 Å². The first-order valence-electron chi connectivity index (χ1n) is 8.97. The summed E-state index contributed by atoms with van der Waals surface area (Å²) in [6.45, 7) is 7.81. The molecule has 1 atom stereocenters. The van der Waals surface area contributed by atoms with Gasteiger partial charge in [0.25, 0.3) is 0 Å². The monoisotopic (exact) mass is 387 g/mol. The molecule has 1 N–H and O–H groups in total. The van der Waals surface area contributed by atoms with Gasteiger partial charge in [0, 0.05) is 24.7 Å². The number of hydrogen-bond acceptors (Lipinski definition) is 7. The standard InChI is InChI=1S/C18H22ClN7O/c1-18(2,3)17-21-15-14(16(22-17)25-8-6-11(27)9-25)23-26(24-15)10-13-12(19)5-4-7-20-13/h4-5,7,11,27H,6,8-10H2,1-3H3. The molecule has 27 heavy (non-hydrogen) atoms. The van der Waals surface area contributed by atoms with E-state index in [-0.39, 0.29) is 11.5 Å². The van der Waals surface area contributed by atoms with E-state index < -0.39 is 0 Å². The predicted octanol–water partition coefficient (Wildman–Crippen LogP) is 2.19. The minimum Gasteiger partial charge on any atom is -0.391 e. The number of fused-ring (bicyclic) bond motifs is 1. The molecular formula is C18H22ClN7O. The average Bonchev–Trinajstić information content (AvgIpc) is 3.21. The summed E-state index contributed by atoms with van der Waals surface area (Å²) < 4.78 is 0. The molecule has 1 fully saturated rings. The number of pyridine rings is 1. The summed E-state index contributed by atoms with van der Waals surface area (Å²) in [5.41, 5.74) is 1.64. The molecule has 1 aliphatic rings. The summed E-state index contributed by atoms with van der Waals surface area (Å²) in [6.07, 6.45) is 2.06. The highest BCUT2D eigenvalue weighted by Gasteiger charge is 2.28. The van der Waals surface area contributed by atoms with Gasteiger partial charge in [0.1, 0.15) is 12.4 Å². The highest BCUT2D eigenvalue weighted by molar-refractivity contribution is 6.31. The van der Waals surface area contributed by atoms with E-state index in [1.54, 1.807) is 23.1 Å². The molecule has 4 heterocycles. The zero-order valence-electron chi connectivity index (χ0n) is 15.6. The third-order valence-corrected chi connectivity index (χ3v) is 4.88. The van der Waals surface area contributed by atoms with E-state index in [0.717, 1.165) is 12.4 Å². The normalized spacial score (nSPS) is 17.8. The van der Waals surface area contributed by atoms with Crippen molar-refractivity contribution in [3.8, 4) is 0 Å². The number of β-amino-alcohol motifs (C(OH)–C–C–N with tert-alkyl or cyclic N) is 1. The van der Waals surface area contributed by atoms with Gasteiger partial charge in [-0.1, -0.05) is 32.4 Å². The summed E-state index contributed by atoms with van der Waals surface area (Å²) in [7, 11) is 0. The van der Waals surface area contributed by atoms with E-state index in [2.05, 4.69) is 45.8 Å². The van der Waals surface area contributed by atoms with E-state index in [1.165, 1.54) is 0 Å². The maximum atomic E-state index is 9.94. The number of aliphatic hydroxyl groups is 1. The maximum absolute atomic E-state index is 9.94. The maximum Gasteiger partial charge on any atom is 0.207 e. The van der Waals surface area contributed by atoms with Gasteiger partial charge in [-0.05, 0) is 18.6 Å². The van der Waals surface area contributed by atoms with Crippen molar-refractivity contribution in [2.75, 3.05) is 18.0 Å². The molecule has 142 valence electrons. The lowest BCUT2D eigenvalue weighted by molar-refractivity contribution is 0.198. The molecule has 1 saturated heterocycles. The molecule has 1 unspecified atom stereocenters. The van der Waals surface area contributed by atoms with Crippen molar-refractivity contribution >= 4 is 28.6 Å². The molecule has 0 aliphatic carbocycles. The van der Waals surface area contributed by atoms with Gasteiger partial charge in [0.2, 0.25) is 5.65 Å². The molecule has 4 rings (SSSR count). The second-order valence-electron chi connectivity index (χ2n) is 7.84. The van der Waals surface area contributed by atoms with Crippen LogP contribution >= 0.6 is 11.6 Å². The Morgan fingerprint density at radius 1 is 1.26 bits per heavy atom. The van der Waals surface area contributed by atoms with Crippen LogP contribution in [0.4, 0.5) is 5.82 Å². The molecule has 0 spiro atoms. The Hall–Kier alpha value is -2.32. The minimum absolute atomic E-state index is 0.227. The number of rotatable bonds is 3. The molecule has 0 radical (unpaired) electrons. The zero-order chi connectivity index (χ0) is 19.2. The minimum atomic E-state index is -0.351. The van der Waals surface area contributed by atoms with Gasteiger partial charge in [-0.2, -0.15) is 4.80 Å². The van der Waals surface area contributed by atoms with Crippen molar-refractivity contribution in [3.63, 3.8) is 0 Å². The molecule has 0 amide bonds. The first kappa shape index (κ1) is 18.1. The topological polar surface area (TPSA) is 92.8 Å². The summed E-state index contributed by atoms with van der Waals surface area (Å²) >= 11 is 6.21. The van der Waals surface area contributed by atoms with Gasteiger partial charge in [0.15, 0.2) is 11.3 Å². The van der Waals surface area contributed by atoms with Crippen LogP contribution in [-0.4, -0.2) is 54.2 Å². The quantitative estimate of drug-likeness (QED) is 0.736. The van der Waals surface area contributed by atoms with Gasteiger partial charge in [-0.15, -0.1) is 10.2 Å². The van der Waals surface area contributed by atoms with E-state index in [0.29, 0.717) is 47.2 Å². The van der Waals surface area contributed by atoms with Crippen molar-refractivity contribution in [1.82, 2.24) is 29.9 Å². The fourth-order valence-corrected chi connectivity index (χ4v) is 3.25. The van der Waals surface area contributed by atoms with Crippen molar-refractivity contribution in [1.29, 1.82) is 0 Å². The smallest absolute Gasteiger partial charge is 0.207 e. The Labute approximate surface area is 162 Å². The predicted molar refractivity (Wildman–Crippen MR) is 103 cm³/mol. The van der Waals surface area contributed by atoms with Crippen LogP contribution < -0.4 is 4.90 Å². The Morgan fingerprint density at radius 2 is 2.07 bits per heavy atom. The van der Waals surface area contributed by atoms with E-state index in [9.17, 15) is 5.11 Å². The van der Waals surface area contributed by atoms with Crippen molar-refractivity contribution in [2.45, 2.75) is 45.3 Å². The Balaban J connectivity index is 1.80. The molecule has 3 aromatic heterocycles. The van der Waals surface area contributed by atoms with Gasteiger partial charge in [-0.3, -0.25) is 4.98 Å². The van der Waals surface area contributed by atoms with Crippen molar-refractivity contribution < 1.29 is 5.11 Å². The highest BCUT2D eigenvalue weighted by Crippen LogP contribution is 2.29. The Morgan fingerprint density at radius 3 is 2.74 bits per heavy atom. The van der Waals surface area contributed by atoms with Crippen LogP contribution in [0, 0.1) is 0 Å². The van der Waals surface area contributed by atoms with Gasteiger partial charge >= 0.3 is 0 Å². The lowest BCUT2D eigenvalue weighted by Gasteiger charge is -2.21. The molecule has 8 nitrogen and oxygen atoms in total. The van der Waals surface area contributed by atoms with E-state index in [4.69, 9.17) is 16.6 Å². The second-order valence-corrected chi connectivity index (χ2v) is 8.25. The summed E-state index contributed by atoms with van der Waals surface area (Å²) in [5, 5.41) is 19.7. The molecule has 3 aromatic rings. The molecule has 0 aromatic carbocycles. The summed E-state index contributed by atoms with van der Waals surface area (Å²) in [5.74, 6) is 1.43. The van der Waals surface area contributed by atoms with Crippen LogP contribution in [0.3, 0.4) is 0 Å². The van der Waals surface area contributed by atoms with Crippen molar-refractivity contribution in [3.05, 3.63) is 34.9 Å². The molecular weight excluding hydrogens is 366 g/mol. The number of aromatic nitrogens is 6. The van der Waals surface area contributed by atoms with Crippen molar-refractivity contribution in [2.24, 2.45) is 0 Å². The Kier molecular flexibility index (Phi) is 4.47. The number of halogens is 1. The van der Waals surface area contributed by atoms with Gasteiger partial charge < -0.3 is 10.0 Å². The number of nitrogens with zero attached hydrogens (tertiary/aromatic N) is 7. The van der Waals surface area contributed by atoms with Crippen LogP contribution in [-0.2, 0) is 12.0 Å². The largest absolute Gasteiger partial charge is 0.391 e. The first-order chi connectivity index (χ1) is 12.8. The summed E-state index contributed by atoms with van der Waals surface area (Å²) in [4.78, 5) is 17.3.